The Morgan fingerprint density at radius 1 is 1.36 bits per heavy atom. The van der Waals surface area contributed by atoms with Crippen molar-refractivity contribution in [3.63, 3.8) is 0 Å². The number of hydrogen-bond acceptors (Lipinski definition) is 5. The van der Waals surface area contributed by atoms with Gasteiger partial charge in [-0.05, 0) is 45.1 Å². The smallest absolute Gasteiger partial charge is 0.157 e. The summed E-state index contributed by atoms with van der Waals surface area (Å²) in [6.07, 6.45) is 6.59. The van der Waals surface area contributed by atoms with Gasteiger partial charge in [0.15, 0.2) is 5.65 Å². The first-order valence-electron chi connectivity index (χ1n) is 8.34. The summed E-state index contributed by atoms with van der Waals surface area (Å²) < 4.78 is 7.74. The molecule has 1 saturated heterocycles. The lowest BCUT2D eigenvalue weighted by Gasteiger charge is -2.12. The molecule has 22 heavy (non-hydrogen) atoms. The van der Waals surface area contributed by atoms with Crippen LogP contribution in [0.1, 0.15) is 48.7 Å². The molecule has 118 valence electrons. The first-order valence-corrected chi connectivity index (χ1v) is 8.34. The Balaban J connectivity index is 1.75. The van der Waals surface area contributed by atoms with Crippen LogP contribution in [0.3, 0.4) is 0 Å². The van der Waals surface area contributed by atoms with Crippen molar-refractivity contribution in [1.29, 1.82) is 0 Å². The lowest BCUT2D eigenvalue weighted by Crippen LogP contribution is -2.14. The molecule has 0 aromatic carbocycles. The minimum Gasteiger partial charge on any atom is -0.372 e. The van der Waals surface area contributed by atoms with Crippen LogP contribution in [0, 0.1) is 0 Å². The fraction of sp³-hybridized carbons (Fsp3) is 0.625. The van der Waals surface area contributed by atoms with E-state index in [1.165, 1.54) is 17.7 Å². The van der Waals surface area contributed by atoms with Crippen molar-refractivity contribution < 1.29 is 4.74 Å². The fourth-order valence-electron chi connectivity index (χ4n) is 3.46. The fourth-order valence-corrected chi connectivity index (χ4v) is 3.46. The zero-order valence-electron chi connectivity index (χ0n) is 12.8. The highest BCUT2D eigenvalue weighted by atomic mass is 16.5. The molecule has 1 unspecified atom stereocenters. The highest BCUT2D eigenvalue weighted by Crippen LogP contribution is 2.32. The number of aromatic nitrogens is 3. The molecule has 6 nitrogen and oxygen atoms in total. The molecule has 1 aliphatic heterocycles. The van der Waals surface area contributed by atoms with E-state index < -0.39 is 0 Å². The number of anilines is 1. The van der Waals surface area contributed by atoms with Gasteiger partial charge >= 0.3 is 0 Å². The van der Waals surface area contributed by atoms with E-state index in [4.69, 9.17) is 20.6 Å². The summed E-state index contributed by atoms with van der Waals surface area (Å²) in [5.41, 5.74) is 10.1. The molecule has 0 amide bonds. The van der Waals surface area contributed by atoms with Crippen molar-refractivity contribution >= 4 is 11.5 Å². The standard InChI is InChI=1S/C16H23N5O/c17-7-3-8-18-16-11-4-1-5-12(11)19-15-10-13(20-21(15)16)14-6-2-9-22-14/h10,14,18H,1-9,17H2. The van der Waals surface area contributed by atoms with Gasteiger partial charge in [0, 0.05) is 30.5 Å². The molecule has 6 heteroatoms. The molecule has 4 rings (SSSR count). The van der Waals surface area contributed by atoms with Crippen molar-refractivity contribution in [1.82, 2.24) is 14.6 Å². The van der Waals surface area contributed by atoms with Gasteiger partial charge in [0.05, 0.1) is 5.69 Å². The summed E-state index contributed by atoms with van der Waals surface area (Å²) in [6, 6.07) is 2.09. The van der Waals surface area contributed by atoms with Crippen molar-refractivity contribution in [2.24, 2.45) is 5.73 Å². The number of aryl methyl sites for hydroxylation is 1. The summed E-state index contributed by atoms with van der Waals surface area (Å²) in [4.78, 5) is 4.82. The first-order chi connectivity index (χ1) is 10.9. The van der Waals surface area contributed by atoms with Crippen LogP contribution in [0.5, 0.6) is 0 Å². The number of ether oxygens (including phenoxy) is 1. The van der Waals surface area contributed by atoms with Gasteiger partial charge in [0.25, 0.3) is 0 Å². The predicted molar refractivity (Wildman–Crippen MR) is 85.1 cm³/mol. The van der Waals surface area contributed by atoms with Crippen molar-refractivity contribution in [2.75, 3.05) is 25.0 Å². The Hall–Kier alpha value is -1.66. The van der Waals surface area contributed by atoms with E-state index in [9.17, 15) is 0 Å². The van der Waals surface area contributed by atoms with Crippen LogP contribution in [0.25, 0.3) is 5.65 Å². The normalized spacial score (nSPS) is 20.7. The number of hydrogen-bond donors (Lipinski definition) is 2. The molecule has 2 aromatic rings. The second kappa shape index (κ2) is 5.85. The maximum Gasteiger partial charge on any atom is 0.157 e. The van der Waals surface area contributed by atoms with E-state index in [2.05, 4.69) is 11.4 Å². The average molecular weight is 301 g/mol. The Morgan fingerprint density at radius 2 is 2.32 bits per heavy atom. The molecular formula is C16H23N5O. The van der Waals surface area contributed by atoms with E-state index >= 15 is 0 Å². The van der Waals surface area contributed by atoms with Gasteiger partial charge < -0.3 is 15.8 Å². The Labute approximate surface area is 130 Å². The molecule has 0 spiro atoms. The lowest BCUT2D eigenvalue weighted by atomic mass is 10.2. The lowest BCUT2D eigenvalue weighted by molar-refractivity contribution is 0.108. The van der Waals surface area contributed by atoms with E-state index in [1.54, 1.807) is 0 Å². The molecule has 1 fully saturated rings. The summed E-state index contributed by atoms with van der Waals surface area (Å²) in [7, 11) is 0. The summed E-state index contributed by atoms with van der Waals surface area (Å²) in [6.45, 7) is 2.41. The topological polar surface area (TPSA) is 77.5 Å². The zero-order valence-corrected chi connectivity index (χ0v) is 12.8. The SMILES string of the molecule is NCCCNc1c2c(nc3cc(C4CCCO4)nn13)CCC2. The van der Waals surface area contributed by atoms with Gasteiger partial charge in [-0.15, -0.1) is 0 Å². The van der Waals surface area contributed by atoms with E-state index in [-0.39, 0.29) is 6.10 Å². The van der Waals surface area contributed by atoms with E-state index in [1.807, 2.05) is 4.52 Å². The summed E-state index contributed by atoms with van der Waals surface area (Å²) in [5, 5.41) is 8.32. The quantitative estimate of drug-likeness (QED) is 0.824. The number of nitrogens with two attached hydrogens (primary N) is 1. The minimum absolute atomic E-state index is 0.133. The molecule has 3 heterocycles. The van der Waals surface area contributed by atoms with Gasteiger partial charge in [0.2, 0.25) is 0 Å². The number of rotatable bonds is 5. The molecule has 0 radical (unpaired) electrons. The largest absolute Gasteiger partial charge is 0.372 e. The molecule has 0 saturated carbocycles. The number of nitrogens with zero attached hydrogens (tertiary/aromatic N) is 3. The molecule has 1 aliphatic carbocycles. The van der Waals surface area contributed by atoms with Crippen LogP contribution < -0.4 is 11.1 Å². The minimum atomic E-state index is 0.133. The van der Waals surface area contributed by atoms with E-state index in [0.29, 0.717) is 6.54 Å². The van der Waals surface area contributed by atoms with Gasteiger partial charge in [-0.3, -0.25) is 0 Å². The van der Waals surface area contributed by atoms with Crippen LogP contribution in [0.2, 0.25) is 0 Å². The Bertz CT molecular complexity index is 675. The molecule has 1 atom stereocenters. The van der Waals surface area contributed by atoms with Crippen molar-refractivity contribution in [3.05, 3.63) is 23.0 Å². The third kappa shape index (κ3) is 2.36. The zero-order chi connectivity index (χ0) is 14.9. The first kappa shape index (κ1) is 14.0. The van der Waals surface area contributed by atoms with Crippen molar-refractivity contribution in [2.45, 2.75) is 44.6 Å². The van der Waals surface area contributed by atoms with Crippen molar-refractivity contribution in [3.8, 4) is 0 Å². The van der Waals surface area contributed by atoms with Gasteiger partial charge in [-0.2, -0.15) is 9.61 Å². The van der Waals surface area contributed by atoms with Crippen LogP contribution in [-0.4, -0.2) is 34.3 Å². The third-order valence-electron chi connectivity index (χ3n) is 4.58. The van der Waals surface area contributed by atoms with Crippen LogP contribution >= 0.6 is 0 Å². The monoisotopic (exact) mass is 301 g/mol. The van der Waals surface area contributed by atoms with Crippen LogP contribution in [-0.2, 0) is 17.6 Å². The second-order valence-electron chi connectivity index (χ2n) is 6.15. The number of nitrogens with one attached hydrogen (secondary N) is 1. The van der Waals surface area contributed by atoms with Crippen LogP contribution in [0.4, 0.5) is 5.82 Å². The highest BCUT2D eigenvalue weighted by molar-refractivity contribution is 5.57. The summed E-state index contributed by atoms with van der Waals surface area (Å²) in [5.74, 6) is 1.11. The Kier molecular flexibility index (Phi) is 3.72. The maximum atomic E-state index is 5.77. The van der Waals surface area contributed by atoms with Gasteiger partial charge in [-0.25, -0.2) is 4.98 Å². The van der Waals surface area contributed by atoms with Gasteiger partial charge in [0.1, 0.15) is 11.9 Å². The van der Waals surface area contributed by atoms with E-state index in [0.717, 1.165) is 62.4 Å². The summed E-state index contributed by atoms with van der Waals surface area (Å²) >= 11 is 0. The highest BCUT2D eigenvalue weighted by Gasteiger charge is 2.25. The van der Waals surface area contributed by atoms with Gasteiger partial charge in [-0.1, -0.05) is 0 Å². The Morgan fingerprint density at radius 3 is 3.14 bits per heavy atom. The molecule has 3 N–H and O–H groups in total. The van der Waals surface area contributed by atoms with Crippen LogP contribution in [0.15, 0.2) is 6.07 Å². The molecule has 2 aliphatic rings. The third-order valence-corrected chi connectivity index (χ3v) is 4.58. The number of fused-ring (bicyclic) bond motifs is 2. The molecular weight excluding hydrogens is 278 g/mol. The molecule has 2 aromatic heterocycles. The predicted octanol–water partition coefficient (Wildman–Crippen LogP) is 1.83. The molecule has 0 bridgehead atoms. The average Bonchev–Trinajstić information content (AvgIpc) is 3.25. The second-order valence-corrected chi connectivity index (χ2v) is 6.15. The maximum absolute atomic E-state index is 5.77.